The average molecular weight is 415 g/mol. The summed E-state index contributed by atoms with van der Waals surface area (Å²) in [5.41, 5.74) is 0.745. The molecule has 1 saturated carbocycles. The zero-order chi connectivity index (χ0) is 19.7. The molecule has 2 aromatic rings. The highest BCUT2D eigenvalue weighted by Crippen LogP contribution is 2.37. The van der Waals surface area contributed by atoms with Gasteiger partial charge in [0.05, 0.1) is 10.5 Å². The summed E-state index contributed by atoms with van der Waals surface area (Å²) in [7, 11) is 0. The molecule has 0 atom stereocenters. The summed E-state index contributed by atoms with van der Waals surface area (Å²) in [5.74, 6) is 0.392. The van der Waals surface area contributed by atoms with Gasteiger partial charge in [0.15, 0.2) is 0 Å². The van der Waals surface area contributed by atoms with Gasteiger partial charge in [-0.3, -0.25) is 18.9 Å². The molecule has 0 unspecified atom stereocenters. The molecule has 2 fully saturated rings. The second kappa shape index (κ2) is 8.05. The number of nitrogens with zero attached hydrogens (tertiary/aromatic N) is 3. The lowest BCUT2D eigenvalue weighted by Crippen LogP contribution is -2.39. The van der Waals surface area contributed by atoms with Crippen LogP contribution in [0.3, 0.4) is 0 Å². The van der Waals surface area contributed by atoms with E-state index in [0.717, 1.165) is 25.7 Å². The third-order valence-electron chi connectivity index (χ3n) is 5.15. The van der Waals surface area contributed by atoms with Crippen LogP contribution in [0, 0.1) is 0 Å². The Morgan fingerprint density at radius 1 is 1.29 bits per heavy atom. The number of fused-ring (bicyclic) bond motifs is 1. The molecule has 1 aliphatic carbocycles. The fourth-order valence-electron chi connectivity index (χ4n) is 3.80. The number of thioether (sulfide) groups is 1. The summed E-state index contributed by atoms with van der Waals surface area (Å²) in [6, 6.07) is 5.59. The van der Waals surface area contributed by atoms with Gasteiger partial charge >= 0.3 is 0 Å². The van der Waals surface area contributed by atoms with E-state index in [1.807, 2.05) is 13.0 Å². The second-order valence-corrected chi connectivity index (χ2v) is 8.66. The molecular weight excluding hydrogens is 392 g/mol. The van der Waals surface area contributed by atoms with E-state index in [0.29, 0.717) is 32.8 Å². The minimum absolute atomic E-state index is 0.0955. The van der Waals surface area contributed by atoms with Crippen LogP contribution in [0.2, 0.25) is 0 Å². The highest BCUT2D eigenvalue weighted by molar-refractivity contribution is 8.26. The molecule has 0 bridgehead atoms. The van der Waals surface area contributed by atoms with E-state index < -0.39 is 0 Å². The fourth-order valence-corrected chi connectivity index (χ4v) is 5.18. The first-order valence-corrected chi connectivity index (χ1v) is 10.8. The lowest BCUT2D eigenvalue weighted by Gasteiger charge is -2.29. The second-order valence-electron chi connectivity index (χ2n) is 6.98. The summed E-state index contributed by atoms with van der Waals surface area (Å²) < 4.78 is 2.08. The van der Waals surface area contributed by atoms with Crippen LogP contribution in [-0.2, 0) is 4.79 Å². The molecule has 4 rings (SSSR count). The van der Waals surface area contributed by atoms with Crippen LogP contribution in [0.5, 0.6) is 0 Å². The van der Waals surface area contributed by atoms with Gasteiger partial charge in [-0.15, -0.1) is 0 Å². The Hall–Kier alpha value is -2.19. The van der Waals surface area contributed by atoms with Crippen molar-refractivity contribution in [1.82, 2.24) is 14.3 Å². The van der Waals surface area contributed by atoms with Crippen LogP contribution in [0.4, 0.5) is 5.82 Å². The van der Waals surface area contributed by atoms with Crippen molar-refractivity contribution in [2.75, 3.05) is 11.9 Å². The standard InChI is InChI=1S/C20H22N4O2S2/c1-2-21-17-14(18(25)23-11-7-6-10-16(23)22-17)12-15-19(26)24(20(27)28-15)13-8-4-3-5-9-13/h6-7,10-13,21H,2-5,8-9H2,1H3/b15-12+. The van der Waals surface area contributed by atoms with Crippen LogP contribution in [-0.4, -0.2) is 37.1 Å². The lowest BCUT2D eigenvalue weighted by atomic mass is 9.94. The van der Waals surface area contributed by atoms with Gasteiger partial charge in [-0.25, -0.2) is 4.98 Å². The number of hydrogen-bond acceptors (Lipinski definition) is 6. The zero-order valence-corrected chi connectivity index (χ0v) is 17.3. The van der Waals surface area contributed by atoms with Gasteiger partial charge in [-0.2, -0.15) is 0 Å². The average Bonchev–Trinajstić information content (AvgIpc) is 2.99. The van der Waals surface area contributed by atoms with Crippen molar-refractivity contribution in [3.05, 3.63) is 45.2 Å². The van der Waals surface area contributed by atoms with Crippen molar-refractivity contribution in [3.63, 3.8) is 0 Å². The van der Waals surface area contributed by atoms with E-state index in [2.05, 4.69) is 10.3 Å². The summed E-state index contributed by atoms with van der Waals surface area (Å²) in [5, 5.41) is 3.15. The van der Waals surface area contributed by atoms with E-state index in [1.54, 1.807) is 29.3 Å². The molecule has 0 aromatic carbocycles. The van der Waals surface area contributed by atoms with Crippen LogP contribution >= 0.6 is 24.0 Å². The van der Waals surface area contributed by atoms with Gasteiger partial charge in [0.2, 0.25) is 0 Å². The SMILES string of the molecule is CCNc1nc2ccccn2c(=O)c1/C=C1/SC(=S)N(C2CCCCC2)C1=O. The first kappa shape index (κ1) is 19.1. The van der Waals surface area contributed by atoms with E-state index >= 15 is 0 Å². The molecule has 0 radical (unpaired) electrons. The Labute approximate surface area is 173 Å². The molecule has 1 saturated heterocycles. The number of rotatable bonds is 4. The predicted molar refractivity (Wildman–Crippen MR) is 118 cm³/mol. The topological polar surface area (TPSA) is 66.7 Å². The Bertz CT molecular complexity index is 1020. The largest absolute Gasteiger partial charge is 0.370 e. The van der Waals surface area contributed by atoms with Crippen molar-refractivity contribution in [3.8, 4) is 0 Å². The molecule has 146 valence electrons. The van der Waals surface area contributed by atoms with Gasteiger partial charge in [0.25, 0.3) is 11.5 Å². The lowest BCUT2D eigenvalue weighted by molar-refractivity contribution is -0.124. The number of anilines is 1. The first-order chi connectivity index (χ1) is 13.6. The fraction of sp³-hybridized carbons (Fsp3) is 0.400. The predicted octanol–water partition coefficient (Wildman–Crippen LogP) is 3.66. The quantitative estimate of drug-likeness (QED) is 0.608. The van der Waals surface area contributed by atoms with Gasteiger partial charge < -0.3 is 5.32 Å². The van der Waals surface area contributed by atoms with E-state index in [-0.39, 0.29) is 17.5 Å². The van der Waals surface area contributed by atoms with Gasteiger partial charge in [0.1, 0.15) is 15.8 Å². The Morgan fingerprint density at radius 2 is 2.07 bits per heavy atom. The number of amides is 1. The molecule has 1 N–H and O–H groups in total. The van der Waals surface area contributed by atoms with Crippen molar-refractivity contribution >= 4 is 51.7 Å². The minimum atomic E-state index is -0.204. The Morgan fingerprint density at radius 3 is 2.82 bits per heavy atom. The maximum atomic E-state index is 13.1. The Balaban J connectivity index is 1.76. The smallest absolute Gasteiger partial charge is 0.267 e. The molecule has 0 spiro atoms. The van der Waals surface area contributed by atoms with Gasteiger partial charge in [-0.1, -0.05) is 49.3 Å². The van der Waals surface area contributed by atoms with Crippen molar-refractivity contribution < 1.29 is 4.79 Å². The number of nitrogens with one attached hydrogen (secondary N) is 1. The molecule has 2 aromatic heterocycles. The summed E-state index contributed by atoms with van der Waals surface area (Å²) >= 11 is 6.77. The van der Waals surface area contributed by atoms with Gasteiger partial charge in [0, 0.05) is 18.8 Å². The monoisotopic (exact) mass is 414 g/mol. The molecule has 8 heteroatoms. The van der Waals surface area contributed by atoms with Crippen LogP contribution in [0.1, 0.15) is 44.6 Å². The van der Waals surface area contributed by atoms with Crippen molar-refractivity contribution in [2.45, 2.75) is 45.1 Å². The van der Waals surface area contributed by atoms with E-state index in [9.17, 15) is 9.59 Å². The number of hydrogen-bond donors (Lipinski definition) is 1. The molecular formula is C20H22N4O2S2. The van der Waals surface area contributed by atoms with Gasteiger partial charge in [-0.05, 0) is 38.0 Å². The summed E-state index contributed by atoms with van der Waals surface area (Å²) in [6.45, 7) is 2.57. The molecule has 1 amide bonds. The number of carbonyl (C=O) groups excluding carboxylic acids is 1. The third-order valence-corrected chi connectivity index (χ3v) is 6.48. The molecule has 1 aliphatic heterocycles. The highest BCUT2D eigenvalue weighted by atomic mass is 32.2. The van der Waals surface area contributed by atoms with Crippen LogP contribution in [0.25, 0.3) is 11.7 Å². The van der Waals surface area contributed by atoms with E-state index in [1.165, 1.54) is 22.6 Å². The van der Waals surface area contributed by atoms with Crippen LogP contribution < -0.4 is 10.9 Å². The molecule has 3 heterocycles. The Kier molecular flexibility index (Phi) is 5.50. The normalized spacial score (nSPS) is 19.8. The maximum absolute atomic E-state index is 13.1. The number of pyridine rings is 1. The van der Waals surface area contributed by atoms with Crippen LogP contribution in [0.15, 0.2) is 34.1 Å². The highest BCUT2D eigenvalue weighted by Gasteiger charge is 2.37. The third kappa shape index (κ3) is 3.46. The minimum Gasteiger partial charge on any atom is -0.370 e. The number of aromatic nitrogens is 2. The molecule has 28 heavy (non-hydrogen) atoms. The summed E-state index contributed by atoms with van der Waals surface area (Å²) in [4.78, 5) is 32.9. The zero-order valence-electron chi connectivity index (χ0n) is 15.7. The molecule has 2 aliphatic rings. The first-order valence-electron chi connectivity index (χ1n) is 9.62. The van der Waals surface area contributed by atoms with Crippen molar-refractivity contribution in [2.24, 2.45) is 0 Å². The molecule has 6 nitrogen and oxygen atoms in total. The maximum Gasteiger partial charge on any atom is 0.267 e. The van der Waals surface area contributed by atoms with Crippen molar-refractivity contribution in [1.29, 1.82) is 0 Å². The summed E-state index contributed by atoms with van der Waals surface area (Å²) in [6.07, 6.45) is 8.78. The van der Waals surface area contributed by atoms with E-state index in [4.69, 9.17) is 12.2 Å². The number of thiocarbonyl (C=S) groups is 1. The number of carbonyl (C=O) groups is 1.